The molecule has 1 aromatic carbocycles. The van der Waals surface area contributed by atoms with Gasteiger partial charge in [-0.2, -0.15) is 0 Å². The third-order valence-corrected chi connectivity index (χ3v) is 3.43. The Hall–Kier alpha value is -1.42. The molecule has 1 fully saturated rings. The minimum Gasteiger partial charge on any atom is -0.481 e. The number of benzene rings is 1. The van der Waals surface area contributed by atoms with Gasteiger partial charge in [-0.15, -0.1) is 0 Å². The van der Waals surface area contributed by atoms with Crippen molar-refractivity contribution in [1.82, 2.24) is 5.32 Å². The predicted molar refractivity (Wildman–Crippen MR) is 62.1 cm³/mol. The molecule has 2 N–H and O–H groups in total. The van der Waals surface area contributed by atoms with Crippen LogP contribution in [0.5, 0.6) is 0 Å². The Morgan fingerprint density at radius 3 is 2.53 bits per heavy atom. The first kappa shape index (κ1) is 12.0. The van der Waals surface area contributed by atoms with Gasteiger partial charge in [0.1, 0.15) is 5.82 Å². The standard InChI is InChI=1S/C13H16FNO2/c1-8(9-2-4-10(14)5-3-9)15-12-7-6-11(12)13(16)17/h2-5,8,11-12,15H,6-7H2,1H3,(H,16,17). The third kappa shape index (κ3) is 2.64. The monoisotopic (exact) mass is 237 g/mol. The van der Waals surface area contributed by atoms with Crippen LogP contribution in [0.25, 0.3) is 0 Å². The van der Waals surface area contributed by atoms with Crippen molar-refractivity contribution in [2.45, 2.75) is 31.8 Å². The van der Waals surface area contributed by atoms with Gasteiger partial charge in [-0.3, -0.25) is 4.79 Å². The first-order chi connectivity index (χ1) is 8.08. The van der Waals surface area contributed by atoms with Crippen LogP contribution in [-0.4, -0.2) is 17.1 Å². The number of aliphatic carboxylic acids is 1. The van der Waals surface area contributed by atoms with E-state index in [2.05, 4.69) is 5.32 Å². The molecule has 3 atom stereocenters. The average Bonchev–Trinajstić information content (AvgIpc) is 2.24. The number of carbonyl (C=O) groups is 1. The van der Waals surface area contributed by atoms with Crippen LogP contribution < -0.4 is 5.32 Å². The second kappa shape index (κ2) is 4.84. The van der Waals surface area contributed by atoms with Crippen LogP contribution in [-0.2, 0) is 4.79 Å². The van der Waals surface area contributed by atoms with Crippen LogP contribution in [0.15, 0.2) is 24.3 Å². The topological polar surface area (TPSA) is 49.3 Å². The molecule has 92 valence electrons. The smallest absolute Gasteiger partial charge is 0.308 e. The van der Waals surface area contributed by atoms with Gasteiger partial charge in [0.15, 0.2) is 0 Å². The van der Waals surface area contributed by atoms with Crippen molar-refractivity contribution >= 4 is 5.97 Å². The van der Waals surface area contributed by atoms with Crippen LogP contribution in [0, 0.1) is 11.7 Å². The third-order valence-electron chi connectivity index (χ3n) is 3.43. The van der Waals surface area contributed by atoms with Gasteiger partial charge >= 0.3 is 5.97 Å². The maximum absolute atomic E-state index is 12.8. The van der Waals surface area contributed by atoms with Crippen LogP contribution in [0.2, 0.25) is 0 Å². The minimum atomic E-state index is -0.736. The molecule has 0 saturated heterocycles. The van der Waals surface area contributed by atoms with Crippen molar-refractivity contribution in [2.75, 3.05) is 0 Å². The minimum absolute atomic E-state index is 0.0348. The second-order valence-corrected chi connectivity index (χ2v) is 4.57. The number of carboxylic acid groups (broad SMARTS) is 1. The fourth-order valence-corrected chi connectivity index (χ4v) is 2.16. The highest BCUT2D eigenvalue weighted by Gasteiger charge is 2.37. The zero-order valence-corrected chi connectivity index (χ0v) is 9.69. The Bertz CT molecular complexity index is 404. The number of hydrogen-bond acceptors (Lipinski definition) is 2. The number of carboxylic acids is 1. The molecule has 0 heterocycles. The first-order valence-electron chi connectivity index (χ1n) is 5.82. The molecule has 0 spiro atoms. The summed E-state index contributed by atoms with van der Waals surface area (Å²) < 4.78 is 12.8. The lowest BCUT2D eigenvalue weighted by molar-refractivity contribution is -0.146. The lowest BCUT2D eigenvalue weighted by Crippen LogP contribution is -2.48. The maximum atomic E-state index is 12.8. The van der Waals surface area contributed by atoms with E-state index in [0.29, 0.717) is 0 Å². The normalized spacial score (nSPS) is 25.1. The lowest BCUT2D eigenvalue weighted by atomic mass is 9.79. The van der Waals surface area contributed by atoms with Gasteiger partial charge in [0, 0.05) is 12.1 Å². The molecule has 3 unspecified atom stereocenters. The summed E-state index contributed by atoms with van der Waals surface area (Å²) in [6, 6.07) is 6.37. The van der Waals surface area contributed by atoms with Crippen LogP contribution in [0.3, 0.4) is 0 Å². The summed E-state index contributed by atoms with van der Waals surface area (Å²) in [5, 5.41) is 12.2. The zero-order valence-electron chi connectivity index (χ0n) is 9.69. The summed E-state index contributed by atoms with van der Waals surface area (Å²) in [6.45, 7) is 1.96. The van der Waals surface area contributed by atoms with Gasteiger partial charge in [-0.25, -0.2) is 4.39 Å². The zero-order chi connectivity index (χ0) is 12.4. The van der Waals surface area contributed by atoms with E-state index in [0.717, 1.165) is 18.4 Å². The van der Waals surface area contributed by atoms with Gasteiger partial charge in [-0.05, 0) is 37.5 Å². The Kier molecular flexibility index (Phi) is 3.43. The summed E-state index contributed by atoms with van der Waals surface area (Å²) in [5.74, 6) is -1.27. The Morgan fingerprint density at radius 2 is 2.06 bits per heavy atom. The van der Waals surface area contributed by atoms with Crippen LogP contribution in [0.1, 0.15) is 31.4 Å². The number of hydrogen-bond donors (Lipinski definition) is 2. The molecule has 0 aliphatic heterocycles. The SMILES string of the molecule is CC(NC1CCC1C(=O)O)c1ccc(F)cc1. The van der Waals surface area contributed by atoms with E-state index in [4.69, 9.17) is 5.11 Å². The van der Waals surface area contributed by atoms with Crippen molar-refractivity contribution < 1.29 is 14.3 Å². The van der Waals surface area contributed by atoms with E-state index in [1.807, 2.05) is 6.92 Å². The molecule has 4 heteroatoms. The van der Waals surface area contributed by atoms with Crippen molar-refractivity contribution in [2.24, 2.45) is 5.92 Å². The van der Waals surface area contributed by atoms with E-state index in [9.17, 15) is 9.18 Å². The van der Waals surface area contributed by atoms with Crippen molar-refractivity contribution in [3.05, 3.63) is 35.6 Å². The fraction of sp³-hybridized carbons (Fsp3) is 0.462. The van der Waals surface area contributed by atoms with Gasteiger partial charge in [0.05, 0.1) is 5.92 Å². The summed E-state index contributed by atoms with van der Waals surface area (Å²) in [6.07, 6.45) is 1.63. The molecule has 0 radical (unpaired) electrons. The molecule has 0 aromatic heterocycles. The van der Waals surface area contributed by atoms with E-state index in [1.165, 1.54) is 12.1 Å². The van der Waals surface area contributed by atoms with E-state index in [1.54, 1.807) is 12.1 Å². The quantitative estimate of drug-likeness (QED) is 0.845. The second-order valence-electron chi connectivity index (χ2n) is 4.57. The molecule has 3 nitrogen and oxygen atoms in total. The highest BCUT2D eigenvalue weighted by molar-refractivity contribution is 5.72. The Balaban J connectivity index is 1.95. The average molecular weight is 237 g/mol. The molecular weight excluding hydrogens is 221 g/mol. The Morgan fingerprint density at radius 1 is 1.41 bits per heavy atom. The van der Waals surface area contributed by atoms with Gasteiger partial charge in [-0.1, -0.05) is 12.1 Å². The van der Waals surface area contributed by atoms with Crippen LogP contribution >= 0.6 is 0 Å². The maximum Gasteiger partial charge on any atom is 0.308 e. The molecular formula is C13H16FNO2. The molecule has 2 rings (SSSR count). The summed E-state index contributed by atoms with van der Waals surface area (Å²) in [4.78, 5) is 10.9. The number of nitrogens with one attached hydrogen (secondary N) is 1. The van der Waals surface area contributed by atoms with E-state index < -0.39 is 5.97 Å². The molecule has 17 heavy (non-hydrogen) atoms. The molecule has 1 aliphatic rings. The molecule has 1 aromatic rings. The number of rotatable bonds is 4. The van der Waals surface area contributed by atoms with Crippen molar-refractivity contribution in [3.8, 4) is 0 Å². The van der Waals surface area contributed by atoms with Crippen molar-refractivity contribution in [3.63, 3.8) is 0 Å². The van der Waals surface area contributed by atoms with Crippen molar-refractivity contribution in [1.29, 1.82) is 0 Å². The van der Waals surface area contributed by atoms with E-state index in [-0.39, 0.29) is 23.8 Å². The van der Waals surface area contributed by atoms with Gasteiger partial charge < -0.3 is 10.4 Å². The molecule has 1 saturated carbocycles. The summed E-state index contributed by atoms with van der Waals surface area (Å²) >= 11 is 0. The van der Waals surface area contributed by atoms with E-state index >= 15 is 0 Å². The highest BCUT2D eigenvalue weighted by atomic mass is 19.1. The predicted octanol–water partition coefficient (Wildman–Crippen LogP) is 2.34. The van der Waals surface area contributed by atoms with Crippen LogP contribution in [0.4, 0.5) is 4.39 Å². The molecule has 0 amide bonds. The lowest BCUT2D eigenvalue weighted by Gasteiger charge is -2.36. The summed E-state index contributed by atoms with van der Waals surface area (Å²) in [7, 11) is 0. The largest absolute Gasteiger partial charge is 0.481 e. The Labute approximate surface area is 99.7 Å². The number of halogens is 1. The molecule has 1 aliphatic carbocycles. The fourth-order valence-electron chi connectivity index (χ4n) is 2.16. The van der Waals surface area contributed by atoms with Gasteiger partial charge in [0.2, 0.25) is 0 Å². The summed E-state index contributed by atoms with van der Waals surface area (Å²) in [5.41, 5.74) is 0.974. The molecule has 0 bridgehead atoms. The first-order valence-corrected chi connectivity index (χ1v) is 5.82. The highest BCUT2D eigenvalue weighted by Crippen LogP contribution is 2.29. The van der Waals surface area contributed by atoms with Gasteiger partial charge in [0.25, 0.3) is 0 Å².